The van der Waals surface area contributed by atoms with Crippen molar-refractivity contribution in [3.63, 3.8) is 0 Å². The zero-order valence-corrected chi connectivity index (χ0v) is 11.6. The van der Waals surface area contributed by atoms with Crippen molar-refractivity contribution in [1.82, 2.24) is 10.6 Å². The van der Waals surface area contributed by atoms with Crippen molar-refractivity contribution in [2.45, 2.75) is 44.8 Å². The largest absolute Gasteiger partial charge is 0.393 e. The number of rotatable bonds is 5. The second-order valence-electron chi connectivity index (χ2n) is 4.87. The van der Waals surface area contributed by atoms with Crippen LogP contribution in [-0.2, 0) is 9.59 Å². The van der Waals surface area contributed by atoms with E-state index >= 15 is 0 Å². The first-order valence-corrected chi connectivity index (χ1v) is 7.00. The van der Waals surface area contributed by atoms with Crippen LogP contribution in [0.15, 0.2) is 0 Å². The van der Waals surface area contributed by atoms with E-state index in [0.717, 1.165) is 25.7 Å². The van der Waals surface area contributed by atoms with Gasteiger partial charge in [-0.1, -0.05) is 6.42 Å². The Kier molecular flexibility index (Phi) is 6.49. The van der Waals surface area contributed by atoms with E-state index in [1.807, 2.05) is 0 Å². The highest BCUT2D eigenvalue weighted by Gasteiger charge is 2.22. The summed E-state index contributed by atoms with van der Waals surface area (Å²) in [4.78, 5) is 22.7. The highest BCUT2D eigenvalue weighted by molar-refractivity contribution is 7.80. The van der Waals surface area contributed by atoms with Crippen LogP contribution in [-0.4, -0.2) is 41.4 Å². The normalized spacial score (nSPS) is 25.3. The molecule has 5 nitrogen and oxygen atoms in total. The van der Waals surface area contributed by atoms with Crippen molar-refractivity contribution in [2.24, 2.45) is 5.92 Å². The third-order valence-corrected chi connectivity index (χ3v) is 3.56. The molecule has 3 unspecified atom stereocenters. The molecule has 2 amide bonds. The first-order chi connectivity index (χ1) is 8.52. The van der Waals surface area contributed by atoms with Crippen LogP contribution in [0.3, 0.4) is 0 Å². The number of hydrogen-bond acceptors (Lipinski definition) is 4. The summed E-state index contributed by atoms with van der Waals surface area (Å²) in [6, 6.07) is -0.584. The molecule has 0 aromatic carbocycles. The van der Waals surface area contributed by atoms with Gasteiger partial charge in [0.2, 0.25) is 11.8 Å². The monoisotopic (exact) mass is 274 g/mol. The Labute approximate surface area is 113 Å². The van der Waals surface area contributed by atoms with Crippen LogP contribution in [0.2, 0.25) is 0 Å². The standard InChI is InChI=1S/C12H22N2O3S/c1-8(15)14-11(7-18)12(17)13-6-9-3-2-4-10(16)5-9/h9-11,16,18H,2-7H2,1H3,(H,13,17)(H,14,15). The first kappa shape index (κ1) is 15.3. The predicted molar refractivity (Wildman–Crippen MR) is 72.4 cm³/mol. The summed E-state index contributed by atoms with van der Waals surface area (Å²) < 4.78 is 0. The van der Waals surface area contributed by atoms with Crippen LogP contribution in [0.4, 0.5) is 0 Å². The minimum Gasteiger partial charge on any atom is -0.393 e. The average Bonchev–Trinajstić information content (AvgIpc) is 2.33. The van der Waals surface area contributed by atoms with Crippen LogP contribution in [0.1, 0.15) is 32.6 Å². The van der Waals surface area contributed by atoms with Crippen molar-refractivity contribution in [1.29, 1.82) is 0 Å². The molecule has 1 rings (SSSR count). The number of amides is 2. The van der Waals surface area contributed by atoms with Gasteiger partial charge < -0.3 is 15.7 Å². The van der Waals surface area contributed by atoms with Gasteiger partial charge in [0.15, 0.2) is 0 Å². The lowest BCUT2D eigenvalue weighted by molar-refractivity contribution is -0.127. The van der Waals surface area contributed by atoms with Gasteiger partial charge in [-0.2, -0.15) is 12.6 Å². The quantitative estimate of drug-likeness (QED) is 0.537. The summed E-state index contributed by atoms with van der Waals surface area (Å²) in [5, 5.41) is 14.9. The van der Waals surface area contributed by atoms with E-state index in [1.54, 1.807) is 0 Å². The minimum absolute atomic E-state index is 0.208. The highest BCUT2D eigenvalue weighted by Crippen LogP contribution is 2.23. The molecule has 18 heavy (non-hydrogen) atoms. The van der Waals surface area contributed by atoms with Gasteiger partial charge in [-0.3, -0.25) is 9.59 Å². The van der Waals surface area contributed by atoms with Crippen LogP contribution in [0, 0.1) is 5.92 Å². The Hall–Kier alpha value is -0.750. The summed E-state index contributed by atoms with van der Waals surface area (Å²) in [7, 11) is 0. The number of carbonyl (C=O) groups is 2. The molecule has 1 fully saturated rings. The summed E-state index contributed by atoms with van der Waals surface area (Å²) in [6.45, 7) is 1.93. The van der Waals surface area contributed by atoms with Crippen LogP contribution in [0.5, 0.6) is 0 Å². The minimum atomic E-state index is -0.584. The van der Waals surface area contributed by atoms with E-state index in [4.69, 9.17) is 0 Å². The maximum Gasteiger partial charge on any atom is 0.243 e. The SMILES string of the molecule is CC(=O)NC(CS)C(=O)NCC1CCCC(O)C1. The van der Waals surface area contributed by atoms with Crippen LogP contribution < -0.4 is 10.6 Å². The number of aliphatic hydroxyl groups is 1. The summed E-state index contributed by atoms with van der Waals surface area (Å²) in [6.07, 6.45) is 3.39. The Balaban J connectivity index is 2.32. The van der Waals surface area contributed by atoms with Crippen molar-refractivity contribution in [2.75, 3.05) is 12.3 Å². The smallest absolute Gasteiger partial charge is 0.243 e. The van der Waals surface area contributed by atoms with E-state index in [9.17, 15) is 14.7 Å². The molecule has 0 saturated heterocycles. The van der Waals surface area contributed by atoms with E-state index in [0.29, 0.717) is 12.5 Å². The summed E-state index contributed by atoms with van der Waals surface area (Å²) in [5.41, 5.74) is 0. The van der Waals surface area contributed by atoms with Gasteiger partial charge in [0.05, 0.1) is 6.10 Å². The molecule has 1 aliphatic carbocycles. The molecule has 0 radical (unpaired) electrons. The molecule has 1 saturated carbocycles. The van der Waals surface area contributed by atoms with Crippen molar-refractivity contribution in [3.8, 4) is 0 Å². The topological polar surface area (TPSA) is 78.4 Å². The Bertz CT molecular complexity index is 299. The lowest BCUT2D eigenvalue weighted by Crippen LogP contribution is -2.48. The third-order valence-electron chi connectivity index (χ3n) is 3.20. The van der Waals surface area contributed by atoms with Gasteiger partial charge >= 0.3 is 0 Å². The van der Waals surface area contributed by atoms with Gasteiger partial charge in [0.1, 0.15) is 6.04 Å². The fourth-order valence-corrected chi connectivity index (χ4v) is 2.51. The molecular weight excluding hydrogens is 252 g/mol. The van der Waals surface area contributed by atoms with Crippen molar-refractivity contribution >= 4 is 24.4 Å². The molecule has 0 aromatic rings. The zero-order chi connectivity index (χ0) is 13.5. The molecule has 0 bridgehead atoms. The number of aliphatic hydroxyl groups excluding tert-OH is 1. The Morgan fingerprint density at radius 1 is 1.44 bits per heavy atom. The maximum atomic E-state index is 11.8. The molecule has 3 atom stereocenters. The van der Waals surface area contributed by atoms with E-state index in [2.05, 4.69) is 23.3 Å². The van der Waals surface area contributed by atoms with Crippen molar-refractivity contribution in [3.05, 3.63) is 0 Å². The molecule has 0 aliphatic heterocycles. The molecule has 6 heteroatoms. The van der Waals surface area contributed by atoms with Gasteiger partial charge in [0.25, 0.3) is 0 Å². The molecule has 104 valence electrons. The summed E-state index contributed by atoms with van der Waals surface area (Å²) >= 11 is 4.05. The average molecular weight is 274 g/mol. The predicted octanol–water partition coefficient (Wildman–Crippen LogP) is 0.0882. The van der Waals surface area contributed by atoms with E-state index in [-0.39, 0.29) is 23.7 Å². The van der Waals surface area contributed by atoms with Crippen LogP contribution >= 0.6 is 12.6 Å². The molecule has 1 aliphatic rings. The molecule has 0 aromatic heterocycles. The number of hydrogen-bond donors (Lipinski definition) is 4. The number of carbonyl (C=O) groups excluding carboxylic acids is 2. The van der Waals surface area contributed by atoms with Crippen LogP contribution in [0.25, 0.3) is 0 Å². The summed E-state index contributed by atoms with van der Waals surface area (Å²) in [5.74, 6) is 0.159. The molecule has 0 spiro atoms. The lowest BCUT2D eigenvalue weighted by Gasteiger charge is -2.26. The maximum absolute atomic E-state index is 11.8. The van der Waals surface area contributed by atoms with Gasteiger partial charge in [0, 0.05) is 19.2 Å². The molecular formula is C12H22N2O3S. The zero-order valence-electron chi connectivity index (χ0n) is 10.7. The Morgan fingerprint density at radius 2 is 2.17 bits per heavy atom. The second kappa shape index (κ2) is 7.63. The fraction of sp³-hybridized carbons (Fsp3) is 0.833. The first-order valence-electron chi connectivity index (χ1n) is 6.36. The van der Waals surface area contributed by atoms with Gasteiger partial charge in [-0.25, -0.2) is 0 Å². The number of thiol groups is 1. The van der Waals surface area contributed by atoms with E-state index in [1.165, 1.54) is 6.92 Å². The third kappa shape index (κ3) is 5.27. The lowest BCUT2D eigenvalue weighted by atomic mass is 9.87. The van der Waals surface area contributed by atoms with E-state index < -0.39 is 6.04 Å². The van der Waals surface area contributed by atoms with Gasteiger partial charge in [-0.05, 0) is 25.2 Å². The second-order valence-corrected chi connectivity index (χ2v) is 5.23. The number of nitrogens with one attached hydrogen (secondary N) is 2. The van der Waals surface area contributed by atoms with Crippen molar-refractivity contribution < 1.29 is 14.7 Å². The Morgan fingerprint density at radius 3 is 2.72 bits per heavy atom. The molecule has 3 N–H and O–H groups in total. The van der Waals surface area contributed by atoms with Gasteiger partial charge in [-0.15, -0.1) is 0 Å². The fourth-order valence-electron chi connectivity index (χ4n) is 2.26. The molecule has 0 heterocycles. The highest BCUT2D eigenvalue weighted by atomic mass is 32.1.